The van der Waals surface area contributed by atoms with Gasteiger partial charge in [-0.05, 0) is 38.6 Å². The van der Waals surface area contributed by atoms with Crippen LogP contribution in [-0.2, 0) is 28.5 Å². The smallest absolute Gasteiger partial charge is 0.410 e. The highest BCUT2D eigenvalue weighted by Crippen LogP contribution is 2.37. The lowest BCUT2D eigenvalue weighted by molar-refractivity contribution is 0.0145. The number of nitrogens with zero attached hydrogens (tertiary/aromatic N) is 6. The normalized spacial score (nSPS) is 18.4. The summed E-state index contributed by atoms with van der Waals surface area (Å²) in [5.74, 6) is 0.864. The molecule has 0 saturated carbocycles. The van der Waals surface area contributed by atoms with Crippen molar-refractivity contribution >= 4 is 39.2 Å². The lowest BCUT2D eigenvalue weighted by Gasteiger charge is -2.42. The van der Waals surface area contributed by atoms with E-state index in [-0.39, 0.29) is 18.6 Å². The van der Waals surface area contributed by atoms with E-state index in [1.165, 1.54) is 0 Å². The van der Waals surface area contributed by atoms with E-state index in [4.69, 9.17) is 4.74 Å². The summed E-state index contributed by atoms with van der Waals surface area (Å²) in [6.07, 6.45) is 3.88. The van der Waals surface area contributed by atoms with Crippen molar-refractivity contribution in [1.29, 1.82) is 5.26 Å². The predicted molar refractivity (Wildman–Crippen MR) is 152 cm³/mol. The minimum atomic E-state index is -1.14. The SMILES string of the molecule is CS(=O)c1ccc2ccccc2c1N1CCc2c(ncnc2N2CCN(C(=O)OC(C)(C)C)C(CC#N)C2)C1. The van der Waals surface area contributed by atoms with Crippen LogP contribution < -0.4 is 9.80 Å². The number of fused-ring (bicyclic) bond motifs is 2. The monoisotopic (exact) mass is 546 g/mol. The quantitative estimate of drug-likeness (QED) is 0.478. The zero-order valence-corrected chi connectivity index (χ0v) is 23.7. The molecule has 1 saturated heterocycles. The molecule has 10 heteroatoms. The van der Waals surface area contributed by atoms with E-state index >= 15 is 0 Å². The zero-order chi connectivity index (χ0) is 27.7. The molecule has 2 atom stereocenters. The maximum absolute atomic E-state index is 12.8. The van der Waals surface area contributed by atoms with Crippen LogP contribution in [0.4, 0.5) is 16.3 Å². The van der Waals surface area contributed by atoms with Crippen LogP contribution >= 0.6 is 0 Å². The molecule has 3 aromatic rings. The van der Waals surface area contributed by atoms with Gasteiger partial charge in [0.05, 0.1) is 52.2 Å². The van der Waals surface area contributed by atoms with Crippen LogP contribution in [-0.4, -0.2) is 69.2 Å². The zero-order valence-electron chi connectivity index (χ0n) is 22.9. The van der Waals surface area contributed by atoms with Gasteiger partial charge in [-0.15, -0.1) is 0 Å². The molecule has 5 rings (SSSR count). The van der Waals surface area contributed by atoms with E-state index in [1.807, 2.05) is 45.0 Å². The van der Waals surface area contributed by atoms with Crippen LogP contribution in [0.3, 0.4) is 0 Å². The Balaban J connectivity index is 1.42. The largest absolute Gasteiger partial charge is 0.444 e. The number of anilines is 2. The van der Waals surface area contributed by atoms with Gasteiger partial charge >= 0.3 is 6.09 Å². The summed E-state index contributed by atoms with van der Waals surface area (Å²) in [6, 6.07) is 14.1. The highest BCUT2D eigenvalue weighted by molar-refractivity contribution is 7.84. The first-order valence-electron chi connectivity index (χ1n) is 13.2. The van der Waals surface area contributed by atoms with Crippen molar-refractivity contribution in [2.45, 2.75) is 56.7 Å². The molecule has 39 heavy (non-hydrogen) atoms. The molecule has 1 amide bonds. The lowest BCUT2D eigenvalue weighted by Crippen LogP contribution is -2.56. The Kier molecular flexibility index (Phi) is 7.45. The first-order chi connectivity index (χ1) is 18.7. The summed E-state index contributed by atoms with van der Waals surface area (Å²) in [5, 5.41) is 11.7. The molecule has 2 aliphatic heterocycles. The third-order valence-corrected chi connectivity index (χ3v) is 8.16. The molecule has 1 aromatic heterocycles. The van der Waals surface area contributed by atoms with E-state index in [9.17, 15) is 14.3 Å². The van der Waals surface area contributed by atoms with Gasteiger partial charge in [0, 0.05) is 43.4 Å². The van der Waals surface area contributed by atoms with Gasteiger partial charge in [0.1, 0.15) is 17.7 Å². The van der Waals surface area contributed by atoms with Crippen LogP contribution in [0, 0.1) is 11.3 Å². The molecular formula is C29H34N6O3S. The van der Waals surface area contributed by atoms with E-state index in [0.29, 0.717) is 26.2 Å². The third-order valence-electron chi connectivity index (χ3n) is 7.21. The van der Waals surface area contributed by atoms with Crippen molar-refractivity contribution in [1.82, 2.24) is 14.9 Å². The van der Waals surface area contributed by atoms with Crippen LogP contribution in [0.15, 0.2) is 47.6 Å². The van der Waals surface area contributed by atoms with Gasteiger partial charge in [-0.3, -0.25) is 4.21 Å². The molecule has 0 radical (unpaired) electrons. The third kappa shape index (κ3) is 5.55. The van der Waals surface area contributed by atoms with Crippen molar-refractivity contribution in [3.63, 3.8) is 0 Å². The highest BCUT2D eigenvalue weighted by Gasteiger charge is 2.35. The van der Waals surface area contributed by atoms with E-state index in [2.05, 4.69) is 38.0 Å². The molecule has 2 aromatic carbocycles. The summed E-state index contributed by atoms with van der Waals surface area (Å²) < 4.78 is 18.3. The van der Waals surface area contributed by atoms with Gasteiger partial charge in [-0.1, -0.05) is 30.3 Å². The Labute approximate surface area is 231 Å². The summed E-state index contributed by atoms with van der Waals surface area (Å²) in [4.78, 5) is 29.1. The molecule has 9 nitrogen and oxygen atoms in total. The Hall–Kier alpha value is -3.71. The minimum Gasteiger partial charge on any atom is -0.444 e. The van der Waals surface area contributed by atoms with Crippen molar-refractivity contribution in [3.8, 4) is 6.07 Å². The molecule has 3 heterocycles. The lowest BCUT2D eigenvalue weighted by atomic mass is 10.0. The average Bonchev–Trinajstić information content (AvgIpc) is 2.90. The number of hydrogen-bond donors (Lipinski definition) is 0. The maximum atomic E-state index is 12.8. The minimum absolute atomic E-state index is 0.217. The van der Waals surface area contributed by atoms with Gasteiger partial charge in [0.2, 0.25) is 0 Å². The van der Waals surface area contributed by atoms with E-state index in [0.717, 1.165) is 51.4 Å². The molecule has 1 fully saturated rings. The summed E-state index contributed by atoms with van der Waals surface area (Å²) >= 11 is 0. The number of carbonyl (C=O) groups is 1. The number of ether oxygens (including phenoxy) is 1. The van der Waals surface area contributed by atoms with Crippen LogP contribution in [0.1, 0.15) is 38.4 Å². The number of aromatic nitrogens is 2. The Morgan fingerprint density at radius 2 is 1.92 bits per heavy atom. The standard InChI is InChI=1S/C29H34N6O3S/c1-29(2,3)38-28(36)35-16-15-34(17-21(35)11-13-30)27-23-12-14-33(18-24(23)31-19-32-27)26-22-8-6-5-7-20(22)9-10-25(26)39(4)37/h5-10,19,21H,11-12,14-18H2,1-4H3. The number of carbonyl (C=O) groups excluding carboxylic acids is 1. The van der Waals surface area contributed by atoms with Gasteiger partial charge in [0.15, 0.2) is 0 Å². The Bertz CT molecular complexity index is 1460. The Morgan fingerprint density at radius 3 is 2.67 bits per heavy atom. The summed E-state index contributed by atoms with van der Waals surface area (Å²) in [7, 11) is -1.14. The van der Waals surface area contributed by atoms with Gasteiger partial charge in [0.25, 0.3) is 0 Å². The molecule has 0 spiro atoms. The Morgan fingerprint density at radius 1 is 1.13 bits per heavy atom. The highest BCUT2D eigenvalue weighted by atomic mass is 32.2. The topological polar surface area (TPSA) is 103 Å². The van der Waals surface area contributed by atoms with Crippen LogP contribution in [0.2, 0.25) is 0 Å². The van der Waals surface area contributed by atoms with Crippen molar-refractivity contribution < 1.29 is 13.7 Å². The number of benzene rings is 2. The fraction of sp³-hybridized carbons (Fsp3) is 0.448. The molecular weight excluding hydrogens is 512 g/mol. The first-order valence-corrected chi connectivity index (χ1v) is 14.8. The first kappa shape index (κ1) is 26.9. The molecule has 2 unspecified atom stereocenters. The van der Waals surface area contributed by atoms with Gasteiger partial charge < -0.3 is 19.4 Å². The second-order valence-electron chi connectivity index (χ2n) is 11.0. The van der Waals surface area contributed by atoms with Gasteiger partial charge in [-0.25, -0.2) is 14.8 Å². The van der Waals surface area contributed by atoms with Gasteiger partial charge in [-0.2, -0.15) is 5.26 Å². The van der Waals surface area contributed by atoms with Crippen LogP contribution in [0.5, 0.6) is 0 Å². The molecule has 204 valence electrons. The number of rotatable bonds is 4. The van der Waals surface area contributed by atoms with E-state index in [1.54, 1.807) is 17.5 Å². The average molecular weight is 547 g/mol. The molecule has 0 bridgehead atoms. The fourth-order valence-corrected chi connectivity index (χ4v) is 6.25. The van der Waals surface area contributed by atoms with Crippen molar-refractivity contribution in [3.05, 3.63) is 54.0 Å². The number of hydrogen-bond acceptors (Lipinski definition) is 8. The number of nitriles is 1. The second-order valence-corrected chi connectivity index (χ2v) is 12.4. The summed E-state index contributed by atoms with van der Waals surface area (Å²) in [6.45, 7) is 8.41. The van der Waals surface area contributed by atoms with Crippen molar-refractivity contribution in [2.24, 2.45) is 0 Å². The summed E-state index contributed by atoms with van der Waals surface area (Å²) in [5.41, 5.74) is 2.44. The predicted octanol–water partition coefficient (Wildman–Crippen LogP) is 4.27. The maximum Gasteiger partial charge on any atom is 0.410 e. The molecule has 0 N–H and O–H groups in total. The number of piperazine rings is 1. The number of amides is 1. The van der Waals surface area contributed by atoms with Crippen molar-refractivity contribution in [2.75, 3.05) is 42.2 Å². The van der Waals surface area contributed by atoms with Crippen LogP contribution in [0.25, 0.3) is 10.8 Å². The van der Waals surface area contributed by atoms with E-state index < -0.39 is 16.4 Å². The second kappa shape index (κ2) is 10.8. The molecule has 0 aliphatic carbocycles. The fourth-order valence-electron chi connectivity index (χ4n) is 5.48. The molecule has 2 aliphatic rings.